The second kappa shape index (κ2) is 6.11. The van der Waals surface area contributed by atoms with E-state index in [4.69, 9.17) is 9.47 Å². The number of isocyanates is 1. The van der Waals surface area contributed by atoms with Gasteiger partial charge in [0, 0.05) is 5.57 Å². The summed E-state index contributed by atoms with van der Waals surface area (Å²) >= 11 is 0. The lowest BCUT2D eigenvalue weighted by Gasteiger charge is -2.23. The molecule has 0 aromatic carbocycles. The van der Waals surface area contributed by atoms with E-state index >= 15 is 0 Å². The zero-order valence-corrected chi connectivity index (χ0v) is 9.20. The van der Waals surface area contributed by atoms with E-state index in [1.54, 1.807) is 20.8 Å². The van der Waals surface area contributed by atoms with E-state index in [0.717, 1.165) is 0 Å². The highest BCUT2D eigenvalue weighted by atomic mass is 16.6. The van der Waals surface area contributed by atoms with E-state index in [0.29, 0.717) is 5.57 Å². The minimum Gasteiger partial charge on any atom is -0.459 e. The quantitative estimate of drug-likeness (QED) is 0.288. The number of carbonyl (C=O) groups excluding carboxylic acids is 2. The molecule has 0 aliphatic rings. The highest BCUT2D eigenvalue weighted by Crippen LogP contribution is 2.10. The number of rotatable bonds is 6. The maximum atomic E-state index is 11.1. The molecular weight excluding hydrogens is 198 g/mol. The first-order valence-electron chi connectivity index (χ1n) is 4.39. The summed E-state index contributed by atoms with van der Waals surface area (Å²) in [4.78, 5) is 24.1. The zero-order chi connectivity index (χ0) is 11.9. The molecule has 5 nitrogen and oxygen atoms in total. The third-order valence-corrected chi connectivity index (χ3v) is 1.48. The summed E-state index contributed by atoms with van der Waals surface area (Å²) < 4.78 is 10.1. The zero-order valence-electron chi connectivity index (χ0n) is 9.20. The van der Waals surface area contributed by atoms with Gasteiger partial charge in [0.05, 0.1) is 5.60 Å². The van der Waals surface area contributed by atoms with Crippen molar-refractivity contribution in [2.75, 3.05) is 13.3 Å². The second-order valence-electron chi connectivity index (χ2n) is 3.64. The summed E-state index contributed by atoms with van der Waals surface area (Å²) in [5, 5.41) is 0. The van der Waals surface area contributed by atoms with Crippen LogP contribution in [0.4, 0.5) is 0 Å². The van der Waals surface area contributed by atoms with Gasteiger partial charge in [0.25, 0.3) is 0 Å². The first-order valence-corrected chi connectivity index (χ1v) is 4.39. The van der Waals surface area contributed by atoms with Gasteiger partial charge in [0.2, 0.25) is 6.08 Å². The van der Waals surface area contributed by atoms with E-state index in [9.17, 15) is 9.59 Å². The Morgan fingerprint density at radius 1 is 1.53 bits per heavy atom. The fraction of sp³-hybridized carbons (Fsp3) is 0.600. The summed E-state index contributed by atoms with van der Waals surface area (Å²) in [6.07, 6.45) is 1.35. The van der Waals surface area contributed by atoms with Gasteiger partial charge in [-0.2, -0.15) is 4.99 Å². The largest absolute Gasteiger partial charge is 0.459 e. The van der Waals surface area contributed by atoms with Crippen LogP contribution in [0.2, 0.25) is 0 Å². The summed E-state index contributed by atoms with van der Waals surface area (Å²) in [5.74, 6) is -0.467. The molecule has 0 rings (SSSR count). The molecule has 0 aliphatic carbocycles. The summed E-state index contributed by atoms with van der Waals surface area (Å²) in [6, 6.07) is 0. The van der Waals surface area contributed by atoms with E-state index in [2.05, 4.69) is 11.6 Å². The smallest absolute Gasteiger partial charge is 0.333 e. The number of nitrogens with zero attached hydrogens (tertiary/aromatic N) is 1. The number of aliphatic imine (C=N–C) groups is 1. The summed E-state index contributed by atoms with van der Waals surface area (Å²) in [5.41, 5.74) is -0.359. The van der Waals surface area contributed by atoms with Crippen molar-refractivity contribution >= 4 is 12.0 Å². The molecule has 0 atom stereocenters. The van der Waals surface area contributed by atoms with Crippen LogP contribution in [0.15, 0.2) is 17.1 Å². The monoisotopic (exact) mass is 213 g/mol. The molecule has 0 N–H and O–H groups in total. The van der Waals surface area contributed by atoms with Crippen LogP contribution in [0.25, 0.3) is 0 Å². The first kappa shape index (κ1) is 13.5. The molecular formula is C10H15NO4. The molecule has 0 heterocycles. The molecule has 0 radical (unpaired) electrons. The Kier molecular flexibility index (Phi) is 5.52. The van der Waals surface area contributed by atoms with Crippen LogP contribution >= 0.6 is 0 Å². The van der Waals surface area contributed by atoms with Crippen LogP contribution in [-0.2, 0) is 19.1 Å². The van der Waals surface area contributed by atoms with E-state index in [1.165, 1.54) is 6.08 Å². The van der Waals surface area contributed by atoms with Crippen molar-refractivity contribution < 1.29 is 19.1 Å². The van der Waals surface area contributed by atoms with E-state index < -0.39 is 11.6 Å². The second-order valence-corrected chi connectivity index (χ2v) is 3.64. The predicted octanol–water partition coefficient (Wildman–Crippen LogP) is 1.19. The first-order chi connectivity index (χ1) is 6.89. The van der Waals surface area contributed by atoms with Gasteiger partial charge < -0.3 is 9.47 Å². The summed E-state index contributed by atoms with van der Waals surface area (Å²) in [6.45, 7) is 8.43. The lowest BCUT2D eigenvalue weighted by atomic mass is 10.1. The Morgan fingerprint density at radius 3 is 2.60 bits per heavy atom. The fourth-order valence-corrected chi connectivity index (χ4v) is 0.638. The van der Waals surface area contributed by atoms with Crippen molar-refractivity contribution in [3.05, 3.63) is 12.2 Å². The van der Waals surface area contributed by atoms with Crippen LogP contribution < -0.4 is 0 Å². The van der Waals surface area contributed by atoms with Crippen LogP contribution in [0, 0.1) is 0 Å². The Morgan fingerprint density at radius 2 is 2.13 bits per heavy atom. The third-order valence-electron chi connectivity index (χ3n) is 1.48. The van der Waals surface area contributed by atoms with Gasteiger partial charge in [-0.3, -0.25) is 0 Å². The number of hydrogen-bond acceptors (Lipinski definition) is 5. The van der Waals surface area contributed by atoms with Gasteiger partial charge in [-0.05, 0) is 20.8 Å². The van der Waals surface area contributed by atoms with Crippen molar-refractivity contribution in [3.8, 4) is 0 Å². The Balaban J connectivity index is 3.97. The van der Waals surface area contributed by atoms with Crippen LogP contribution in [0.1, 0.15) is 20.8 Å². The normalized spacial score (nSPS) is 10.3. The van der Waals surface area contributed by atoms with E-state index in [1.807, 2.05) is 0 Å². The van der Waals surface area contributed by atoms with Crippen LogP contribution in [-0.4, -0.2) is 31.0 Å². The van der Waals surface area contributed by atoms with Gasteiger partial charge in [-0.1, -0.05) is 6.58 Å². The molecule has 0 saturated carbocycles. The molecule has 0 unspecified atom stereocenters. The Hall–Kier alpha value is -1.45. The molecule has 0 saturated heterocycles. The van der Waals surface area contributed by atoms with Crippen LogP contribution in [0.3, 0.4) is 0 Å². The number of ether oxygens (including phenoxy) is 2. The third kappa shape index (κ3) is 6.60. The van der Waals surface area contributed by atoms with Crippen molar-refractivity contribution in [2.45, 2.75) is 26.4 Å². The van der Waals surface area contributed by atoms with Crippen molar-refractivity contribution in [1.82, 2.24) is 0 Å². The molecule has 0 aliphatic heterocycles. The van der Waals surface area contributed by atoms with Crippen molar-refractivity contribution in [3.63, 3.8) is 0 Å². The summed E-state index contributed by atoms with van der Waals surface area (Å²) in [7, 11) is 0. The lowest BCUT2D eigenvalue weighted by molar-refractivity contribution is -0.148. The van der Waals surface area contributed by atoms with Gasteiger partial charge >= 0.3 is 5.97 Å². The standard InChI is InChI=1S/C10H15NO4/c1-8(2)9(13)14-5-10(3,4)15-7-11-6-12/h1,5,7H2,2-4H3. The SMILES string of the molecule is C=C(C)C(=O)OCC(C)(C)OCN=C=O. The number of esters is 1. The molecule has 0 amide bonds. The molecule has 15 heavy (non-hydrogen) atoms. The topological polar surface area (TPSA) is 65.0 Å². The van der Waals surface area contributed by atoms with E-state index in [-0.39, 0.29) is 13.3 Å². The number of carbonyl (C=O) groups is 1. The molecule has 0 fully saturated rings. The maximum Gasteiger partial charge on any atom is 0.333 e. The molecule has 0 aromatic rings. The Labute approximate surface area is 88.8 Å². The Bertz CT molecular complexity index is 290. The van der Waals surface area contributed by atoms with Gasteiger partial charge in [-0.25, -0.2) is 9.59 Å². The highest BCUT2D eigenvalue weighted by molar-refractivity contribution is 5.86. The molecule has 0 aromatic heterocycles. The molecule has 84 valence electrons. The van der Waals surface area contributed by atoms with Gasteiger partial charge in [0.1, 0.15) is 6.61 Å². The van der Waals surface area contributed by atoms with Crippen molar-refractivity contribution in [2.24, 2.45) is 4.99 Å². The van der Waals surface area contributed by atoms with Crippen LogP contribution in [0.5, 0.6) is 0 Å². The molecule has 0 bridgehead atoms. The minimum atomic E-state index is -0.689. The average Bonchev–Trinajstić information content (AvgIpc) is 2.14. The molecule has 0 spiro atoms. The predicted molar refractivity (Wildman–Crippen MR) is 53.9 cm³/mol. The number of hydrogen-bond donors (Lipinski definition) is 0. The fourth-order valence-electron chi connectivity index (χ4n) is 0.638. The lowest BCUT2D eigenvalue weighted by Crippen LogP contribution is -2.32. The van der Waals surface area contributed by atoms with Gasteiger partial charge in [-0.15, -0.1) is 0 Å². The maximum absolute atomic E-state index is 11.1. The minimum absolute atomic E-state index is 0.0765. The van der Waals surface area contributed by atoms with Gasteiger partial charge in [0.15, 0.2) is 6.73 Å². The average molecular weight is 213 g/mol. The molecule has 5 heteroatoms. The highest BCUT2D eigenvalue weighted by Gasteiger charge is 2.20. The van der Waals surface area contributed by atoms with Crippen molar-refractivity contribution in [1.29, 1.82) is 0 Å².